The Kier molecular flexibility index (Phi) is 9.57. The Morgan fingerprint density at radius 1 is 0.482 bits per heavy atom. The molecule has 83 heavy (non-hydrogen) atoms. The minimum Gasteiger partial charge on any atom is -0.510 e. The Morgan fingerprint density at radius 3 is 1.80 bits per heavy atom. The predicted molar refractivity (Wildman–Crippen MR) is 334 cm³/mol. The Labute approximate surface area is 509 Å². The molecule has 15 aromatic rings. The molecule has 16 rings (SSSR count). The summed E-state index contributed by atoms with van der Waals surface area (Å²) in [5.41, 5.74) is 12.0. The van der Waals surface area contributed by atoms with Crippen LogP contribution in [-0.2, 0) is 26.5 Å². The molecule has 1 aliphatic rings. The Bertz CT molecular complexity index is 5600. The quantitative estimate of drug-likeness (QED) is 0.118. The van der Waals surface area contributed by atoms with Gasteiger partial charge in [0, 0.05) is 55.1 Å². The maximum Gasteiger partial charge on any atom is 0.268 e. The third kappa shape index (κ3) is 8.11. The van der Waals surface area contributed by atoms with Crippen LogP contribution in [0.4, 0.5) is 0 Å². The molecule has 6 nitrogen and oxygen atoms in total. The van der Waals surface area contributed by atoms with E-state index in [9.17, 15) is 5.48 Å². The van der Waals surface area contributed by atoms with Gasteiger partial charge in [0.05, 0.1) is 47.1 Å². The molecule has 0 atom stereocenters. The standard InChI is InChI=1S/C76H51N5O.Pt/c1-76(2,3)52-41-42-77-72(45-52)81-68-37-17-14-31-61(68)62-40-39-55(47-70(62)81)82-54-26-18-25-53(46-54)78-48-79-74-64(34-20-38-69(74)80-66-35-15-12-29-59(66)60-30-13-16-36-67(60)80)73-56(50-23-8-5-9-24-50)32-19-33-63(73)57-27-10-11-28-58(57)65-43-51(44-71(78)75(65)79)49-21-6-4-7-22-49;/h4-45H,1-3H3;/q-2;/i4D,5D,6D,7D,8D,9D,21D,22D,23D,24D;. The fourth-order valence-corrected chi connectivity index (χ4v) is 12.2. The van der Waals surface area contributed by atoms with Crippen LogP contribution in [0.1, 0.15) is 40.0 Å². The first-order valence-electron chi connectivity index (χ1n) is 32.1. The van der Waals surface area contributed by atoms with Crippen molar-refractivity contribution in [2.45, 2.75) is 26.2 Å². The molecule has 0 N–H and O–H groups in total. The van der Waals surface area contributed by atoms with Crippen LogP contribution >= 0.6 is 0 Å². The number of para-hydroxylation sites is 4. The summed E-state index contributed by atoms with van der Waals surface area (Å²) in [4.78, 5) is 4.89. The second-order valence-corrected chi connectivity index (χ2v) is 21.6. The summed E-state index contributed by atoms with van der Waals surface area (Å²) in [5, 5.41) is 4.02. The van der Waals surface area contributed by atoms with E-state index < -0.39 is 36.3 Å². The zero-order valence-corrected chi connectivity index (χ0v) is 47.2. The van der Waals surface area contributed by atoms with Gasteiger partial charge in [-0.3, -0.25) is 4.57 Å². The van der Waals surface area contributed by atoms with Gasteiger partial charge in [-0.1, -0.05) is 202 Å². The number of hydrogen-bond acceptors (Lipinski definition) is 2. The first kappa shape index (κ1) is 40.3. The maximum atomic E-state index is 9.51. The molecule has 0 saturated carbocycles. The van der Waals surface area contributed by atoms with Crippen LogP contribution < -0.4 is 9.30 Å². The summed E-state index contributed by atoms with van der Waals surface area (Å²) in [6.07, 6.45) is 5.68. The molecule has 0 saturated heterocycles. The van der Waals surface area contributed by atoms with E-state index in [1.165, 1.54) is 0 Å². The number of imidazole rings is 1. The molecule has 0 radical (unpaired) electrons. The van der Waals surface area contributed by atoms with Crippen LogP contribution in [0.5, 0.6) is 11.5 Å². The van der Waals surface area contributed by atoms with E-state index in [1.807, 2.05) is 155 Å². The number of aromatic nitrogens is 5. The first-order valence-corrected chi connectivity index (χ1v) is 27.1. The summed E-state index contributed by atoms with van der Waals surface area (Å²) < 4.78 is 106. The van der Waals surface area contributed by atoms with Gasteiger partial charge in [-0.15, -0.1) is 29.7 Å². The third-order valence-corrected chi connectivity index (χ3v) is 15.8. The number of nitrogens with zero attached hydrogens (tertiary/aromatic N) is 5. The normalized spacial score (nSPS) is 13.6. The number of ether oxygens (including phenoxy) is 1. The van der Waals surface area contributed by atoms with Crippen LogP contribution in [0.2, 0.25) is 0 Å². The van der Waals surface area contributed by atoms with Crippen LogP contribution in [0.25, 0.3) is 133 Å². The van der Waals surface area contributed by atoms with Gasteiger partial charge < -0.3 is 18.4 Å². The summed E-state index contributed by atoms with van der Waals surface area (Å²) in [5.74, 6) is 1.50. The van der Waals surface area contributed by atoms with Crippen molar-refractivity contribution in [3.8, 4) is 90.0 Å². The van der Waals surface area contributed by atoms with Crippen molar-refractivity contribution in [3.63, 3.8) is 0 Å². The van der Waals surface area contributed by atoms with Crippen molar-refractivity contribution in [1.29, 1.82) is 0 Å². The van der Waals surface area contributed by atoms with Crippen molar-refractivity contribution in [1.82, 2.24) is 18.7 Å². The van der Waals surface area contributed by atoms with Crippen molar-refractivity contribution in [3.05, 3.63) is 279 Å². The number of benzene rings is 11. The van der Waals surface area contributed by atoms with E-state index in [0.29, 0.717) is 84.1 Å². The second-order valence-electron chi connectivity index (χ2n) is 21.6. The average molecular weight is 1260 g/mol. The largest absolute Gasteiger partial charge is 0.510 e. The molecule has 4 aromatic heterocycles. The van der Waals surface area contributed by atoms with Crippen molar-refractivity contribution in [2.24, 2.45) is 0 Å². The first-order chi connectivity index (χ1) is 44.5. The molecule has 0 aliphatic carbocycles. The maximum absolute atomic E-state index is 9.51. The molecule has 0 fully saturated rings. The van der Waals surface area contributed by atoms with E-state index in [0.717, 1.165) is 55.0 Å². The summed E-state index contributed by atoms with van der Waals surface area (Å²) >= 11 is 0. The topological polar surface area (TPSA) is 40.8 Å². The van der Waals surface area contributed by atoms with Crippen LogP contribution in [-0.4, -0.2) is 18.7 Å². The van der Waals surface area contributed by atoms with Gasteiger partial charge in [-0.2, -0.15) is 18.2 Å². The summed E-state index contributed by atoms with van der Waals surface area (Å²) in [6.45, 7) is 6.54. The number of pyridine rings is 1. The zero-order valence-electron chi connectivity index (χ0n) is 54.9. The van der Waals surface area contributed by atoms with Gasteiger partial charge in [0.25, 0.3) is 6.33 Å². The molecule has 0 bridgehead atoms. The molecule has 7 heteroatoms. The van der Waals surface area contributed by atoms with Gasteiger partial charge >= 0.3 is 0 Å². The van der Waals surface area contributed by atoms with E-state index in [2.05, 4.69) is 90.8 Å². The third-order valence-electron chi connectivity index (χ3n) is 15.8. The van der Waals surface area contributed by atoms with Gasteiger partial charge in [0.15, 0.2) is 0 Å². The summed E-state index contributed by atoms with van der Waals surface area (Å²) in [7, 11) is 0. The molecule has 5 heterocycles. The van der Waals surface area contributed by atoms with Gasteiger partial charge in [0.1, 0.15) is 5.82 Å². The number of hydrogen-bond donors (Lipinski definition) is 0. The molecule has 398 valence electrons. The second kappa shape index (κ2) is 19.7. The number of fused-ring (bicyclic) bond motifs is 13. The Hall–Kier alpha value is -9.87. The predicted octanol–water partition coefficient (Wildman–Crippen LogP) is 18.6. The Morgan fingerprint density at radius 2 is 1.07 bits per heavy atom. The molecule has 1 aliphatic heterocycles. The van der Waals surface area contributed by atoms with Gasteiger partial charge in [-0.05, 0) is 120 Å². The monoisotopic (exact) mass is 1250 g/mol. The van der Waals surface area contributed by atoms with E-state index in [-0.39, 0.29) is 61.8 Å². The van der Waals surface area contributed by atoms with Crippen LogP contribution in [0.15, 0.2) is 255 Å². The number of rotatable bonds is 7. The summed E-state index contributed by atoms with van der Waals surface area (Å²) in [6, 6.07) is 64.2. The van der Waals surface area contributed by atoms with Gasteiger partial charge in [0.2, 0.25) is 0 Å². The molecular weight excluding hydrogens is 1190 g/mol. The van der Waals surface area contributed by atoms with E-state index in [1.54, 1.807) is 6.07 Å². The van der Waals surface area contributed by atoms with E-state index in [4.69, 9.17) is 17.9 Å². The fraction of sp³-hybridized carbons (Fsp3) is 0.0526. The van der Waals surface area contributed by atoms with Gasteiger partial charge in [-0.25, -0.2) is 4.98 Å². The fourth-order valence-electron chi connectivity index (χ4n) is 12.2. The van der Waals surface area contributed by atoms with Crippen molar-refractivity contribution < 1.29 is 44.1 Å². The minimum absolute atomic E-state index is 0. The van der Waals surface area contributed by atoms with Crippen molar-refractivity contribution >= 4 is 54.6 Å². The Balaban J connectivity index is 0.00000716. The molecular formula is C76H51N5OPt-2. The zero-order chi connectivity index (χ0) is 63.3. The van der Waals surface area contributed by atoms with Crippen LogP contribution in [0.3, 0.4) is 0 Å². The average Bonchev–Trinajstić information content (AvgIpc) is 1.60. The smallest absolute Gasteiger partial charge is 0.268 e. The molecule has 0 amide bonds. The van der Waals surface area contributed by atoms with Crippen LogP contribution in [0, 0.1) is 18.5 Å². The minimum atomic E-state index is -0.521. The van der Waals surface area contributed by atoms with E-state index >= 15 is 0 Å². The SMILES string of the molecule is [2H]c1c([2H])c([2H])c(-c2cc3c4c(c2)n(-c2[c-]c(Oc5[c-]c6c(cc5)c5ccccc5n6-c5cc(C(C)(C)C)ccn5)ccc2)[c-][n+]4-c2c(cccc2-n2c4ccccc4c4ccccc42)-c2c(cccc2-c2c([2H])c([2H])c([2H])c([2H])c2[2H])-c2ccccc2-3)c([2H])c1[2H].[Pt]. The van der Waals surface area contributed by atoms with Crippen molar-refractivity contribution in [2.75, 3.05) is 0 Å². The molecule has 0 spiro atoms. The molecule has 0 unspecified atom stereocenters. The molecule has 11 aromatic carbocycles.